The first kappa shape index (κ1) is 34.0. The molecular formula is C38H52N4O3S. The van der Waals surface area contributed by atoms with E-state index in [1.54, 1.807) is 6.07 Å². The van der Waals surface area contributed by atoms with E-state index >= 15 is 0 Å². The molecule has 1 saturated heterocycles. The average Bonchev–Trinajstić information content (AvgIpc) is 3.57. The van der Waals surface area contributed by atoms with E-state index in [0.717, 1.165) is 102 Å². The van der Waals surface area contributed by atoms with E-state index in [4.69, 9.17) is 4.74 Å². The van der Waals surface area contributed by atoms with Gasteiger partial charge in [0.25, 0.3) is 5.56 Å². The van der Waals surface area contributed by atoms with Gasteiger partial charge in [-0.05, 0) is 79.4 Å². The van der Waals surface area contributed by atoms with E-state index in [2.05, 4.69) is 53.3 Å². The number of hydrogen-bond donors (Lipinski definition) is 0. The number of nitrogens with zero attached hydrogens (tertiary/aromatic N) is 4. The van der Waals surface area contributed by atoms with Crippen molar-refractivity contribution in [3.63, 3.8) is 0 Å². The predicted octanol–water partition coefficient (Wildman–Crippen LogP) is 8.63. The van der Waals surface area contributed by atoms with E-state index in [0.29, 0.717) is 31.0 Å². The van der Waals surface area contributed by atoms with Gasteiger partial charge in [-0.15, -0.1) is 11.3 Å². The Hall–Kier alpha value is -3.36. The molecule has 0 N–H and O–H groups in total. The summed E-state index contributed by atoms with van der Waals surface area (Å²) in [5.74, 6) is 0.702. The first-order valence-electron chi connectivity index (χ1n) is 17.6. The number of pyridine rings is 1. The molecule has 5 rings (SSSR count). The molecule has 46 heavy (non-hydrogen) atoms. The van der Waals surface area contributed by atoms with Crippen LogP contribution in [0.3, 0.4) is 0 Å². The second kappa shape index (κ2) is 17.5. The Morgan fingerprint density at radius 3 is 2.30 bits per heavy atom. The third-order valence-corrected chi connectivity index (χ3v) is 10.1. The van der Waals surface area contributed by atoms with Crippen molar-refractivity contribution in [1.29, 1.82) is 0 Å². The molecule has 1 amide bonds. The Morgan fingerprint density at radius 1 is 0.826 bits per heavy atom. The van der Waals surface area contributed by atoms with Crippen LogP contribution in [0.2, 0.25) is 0 Å². The Labute approximate surface area is 278 Å². The summed E-state index contributed by atoms with van der Waals surface area (Å²) < 4.78 is 8.89. The first-order valence-corrected chi connectivity index (χ1v) is 18.5. The minimum atomic E-state index is -0.283. The van der Waals surface area contributed by atoms with Crippen molar-refractivity contribution in [3.05, 3.63) is 70.3 Å². The number of hydrogen-bond acceptors (Lipinski definition) is 6. The number of anilines is 1. The quantitative estimate of drug-likeness (QED) is 0.108. The lowest BCUT2D eigenvalue weighted by molar-refractivity contribution is 0.197. The zero-order chi connectivity index (χ0) is 32.1. The second-order valence-electron chi connectivity index (χ2n) is 12.6. The third-order valence-electron chi connectivity index (χ3n) is 9.22. The fraction of sp³-hybridized carbons (Fsp3) is 0.526. The van der Waals surface area contributed by atoms with Gasteiger partial charge < -0.3 is 14.5 Å². The zero-order valence-electron chi connectivity index (χ0n) is 27.9. The summed E-state index contributed by atoms with van der Waals surface area (Å²) in [6.45, 7) is 11.7. The van der Waals surface area contributed by atoms with Gasteiger partial charge in [0.05, 0.1) is 12.1 Å². The predicted molar refractivity (Wildman–Crippen MR) is 194 cm³/mol. The maximum absolute atomic E-state index is 13.9. The highest BCUT2D eigenvalue weighted by molar-refractivity contribution is 7.17. The van der Waals surface area contributed by atoms with E-state index < -0.39 is 0 Å². The van der Waals surface area contributed by atoms with Gasteiger partial charge in [0.15, 0.2) is 0 Å². The van der Waals surface area contributed by atoms with Crippen LogP contribution >= 0.6 is 11.3 Å². The Morgan fingerprint density at radius 2 is 1.57 bits per heavy atom. The van der Waals surface area contributed by atoms with Crippen molar-refractivity contribution in [3.8, 4) is 5.75 Å². The number of amides is 1. The number of carbonyl (C=O) groups excluding carboxylic acids is 1. The molecule has 1 aliphatic rings. The number of thiophene rings is 1. The van der Waals surface area contributed by atoms with Crippen molar-refractivity contribution in [2.45, 2.75) is 78.1 Å². The topological polar surface area (TPSA) is 58.0 Å². The number of benzene rings is 2. The monoisotopic (exact) mass is 644 g/mol. The number of ether oxygens (including phenoxy) is 1. The average molecular weight is 645 g/mol. The number of unbranched alkanes of at least 4 members (excludes halogenated alkanes) is 7. The molecule has 0 atom stereocenters. The fourth-order valence-electron chi connectivity index (χ4n) is 6.50. The lowest BCUT2D eigenvalue weighted by atomic mass is 10.1. The van der Waals surface area contributed by atoms with Gasteiger partial charge in [0, 0.05) is 67.2 Å². The maximum Gasteiger partial charge on any atom is 0.331 e. The number of fused-ring (bicyclic) bond motifs is 2. The smallest absolute Gasteiger partial charge is 0.331 e. The van der Waals surface area contributed by atoms with Gasteiger partial charge in [0.1, 0.15) is 5.75 Å². The molecule has 2 aromatic carbocycles. The van der Waals surface area contributed by atoms with E-state index in [-0.39, 0.29) is 11.6 Å². The highest BCUT2D eigenvalue weighted by atomic mass is 32.1. The minimum absolute atomic E-state index is 0.215. The van der Waals surface area contributed by atoms with E-state index in [9.17, 15) is 9.59 Å². The zero-order valence-corrected chi connectivity index (χ0v) is 28.7. The second-order valence-corrected chi connectivity index (χ2v) is 13.6. The lowest BCUT2D eigenvalue weighted by Gasteiger charge is -2.36. The summed E-state index contributed by atoms with van der Waals surface area (Å²) >= 11 is 1.81. The summed E-state index contributed by atoms with van der Waals surface area (Å²) in [4.78, 5) is 33.9. The molecule has 4 aromatic rings. The van der Waals surface area contributed by atoms with Crippen LogP contribution in [0.25, 0.3) is 21.0 Å². The van der Waals surface area contributed by atoms with Crippen LogP contribution in [-0.2, 0) is 0 Å². The van der Waals surface area contributed by atoms with Crippen molar-refractivity contribution < 1.29 is 9.53 Å². The molecular weight excluding hydrogens is 593 g/mol. The van der Waals surface area contributed by atoms with Gasteiger partial charge in [-0.3, -0.25) is 9.69 Å². The molecule has 1 aliphatic heterocycles. The number of carbonyl (C=O) groups is 1. The summed E-state index contributed by atoms with van der Waals surface area (Å²) in [7, 11) is 0. The van der Waals surface area contributed by atoms with Crippen LogP contribution in [-0.4, -0.2) is 72.8 Å². The summed E-state index contributed by atoms with van der Waals surface area (Å²) in [5.41, 5.74) is 1.70. The minimum Gasteiger partial charge on any atom is -0.494 e. The molecule has 0 saturated carbocycles. The Bertz CT molecular complexity index is 1580. The van der Waals surface area contributed by atoms with Crippen LogP contribution in [0.1, 0.15) is 78.1 Å². The molecule has 0 aliphatic carbocycles. The van der Waals surface area contributed by atoms with E-state index in [1.807, 2.05) is 34.4 Å². The van der Waals surface area contributed by atoms with Crippen molar-refractivity contribution in [2.75, 3.05) is 57.3 Å². The normalized spacial score (nSPS) is 13.9. The van der Waals surface area contributed by atoms with Gasteiger partial charge in [-0.25, -0.2) is 9.36 Å². The van der Waals surface area contributed by atoms with Gasteiger partial charge in [0.2, 0.25) is 0 Å². The molecule has 2 aromatic heterocycles. The molecule has 8 heteroatoms. The van der Waals surface area contributed by atoms with Crippen molar-refractivity contribution in [1.82, 2.24) is 14.4 Å². The molecule has 0 spiro atoms. The van der Waals surface area contributed by atoms with Crippen LogP contribution in [0.15, 0.2) is 64.8 Å². The molecule has 7 nitrogen and oxygen atoms in total. The summed E-state index contributed by atoms with van der Waals surface area (Å²) in [6.07, 6.45) is 10.8. The van der Waals surface area contributed by atoms with Crippen LogP contribution in [0.4, 0.5) is 10.5 Å². The molecule has 0 unspecified atom stereocenters. The maximum atomic E-state index is 13.9. The largest absolute Gasteiger partial charge is 0.494 e. The third kappa shape index (κ3) is 8.91. The van der Waals surface area contributed by atoms with Gasteiger partial charge in [-0.1, -0.05) is 58.4 Å². The highest BCUT2D eigenvalue weighted by Crippen LogP contribution is 2.31. The van der Waals surface area contributed by atoms with Gasteiger partial charge in [-0.2, -0.15) is 0 Å². The molecule has 1 fully saturated rings. The number of rotatable bonds is 17. The Kier molecular flexibility index (Phi) is 13.0. The lowest BCUT2D eigenvalue weighted by Crippen LogP contribution is -2.46. The fourth-order valence-corrected chi connectivity index (χ4v) is 7.30. The number of piperazine rings is 1. The molecule has 248 valence electrons. The van der Waals surface area contributed by atoms with Crippen LogP contribution in [0, 0.1) is 0 Å². The number of aromatic nitrogens is 1. The van der Waals surface area contributed by atoms with Crippen LogP contribution < -0.4 is 15.2 Å². The summed E-state index contributed by atoms with van der Waals surface area (Å²) in [5, 5.41) is 4.42. The molecule has 0 bridgehead atoms. The Balaban J connectivity index is 1.13. The van der Waals surface area contributed by atoms with Crippen molar-refractivity contribution >= 4 is 44.0 Å². The van der Waals surface area contributed by atoms with Crippen molar-refractivity contribution in [2.24, 2.45) is 0 Å². The van der Waals surface area contributed by atoms with Crippen LogP contribution in [0.5, 0.6) is 5.75 Å². The molecule has 3 heterocycles. The van der Waals surface area contributed by atoms with Gasteiger partial charge >= 0.3 is 6.03 Å². The highest BCUT2D eigenvalue weighted by Gasteiger charge is 2.20. The molecule has 0 radical (unpaired) electrons. The first-order chi connectivity index (χ1) is 22.6. The SMILES string of the molecule is CCCCCCN(CCCCCC)C(=O)n1c(=O)ccc2ccc(OCCCCN3CCN(c4cccc5sccc45)CC3)cc21. The standard InChI is InChI=1S/C38H52N4O3S/c1-3-5-7-9-22-41(23-10-8-6-4-2)38(44)42-35-30-32(18-16-31(35)17-19-37(42)43)45-28-12-11-21-39-24-26-40(27-25-39)34-14-13-15-36-33(34)20-29-46-36/h13-20,29-30H,3-12,21-28H2,1-2H3. The van der Waals surface area contributed by atoms with E-state index in [1.165, 1.54) is 26.4 Å². The summed E-state index contributed by atoms with van der Waals surface area (Å²) in [6, 6.07) is 17.7.